The SMILES string of the molecule is C[C@H]1CN(CCCn2c(=O)c3c(ncn3C)n(C)c2=O)CCO1. The number of rotatable bonds is 4. The Morgan fingerprint density at radius 2 is 2.09 bits per heavy atom. The van der Waals surface area contributed by atoms with Gasteiger partial charge in [0, 0.05) is 40.3 Å². The van der Waals surface area contributed by atoms with Gasteiger partial charge in [0.1, 0.15) is 0 Å². The van der Waals surface area contributed by atoms with Crippen molar-refractivity contribution in [1.29, 1.82) is 0 Å². The van der Waals surface area contributed by atoms with Crippen molar-refractivity contribution in [1.82, 2.24) is 23.6 Å². The lowest BCUT2D eigenvalue weighted by Crippen LogP contribution is -2.43. The van der Waals surface area contributed by atoms with Gasteiger partial charge in [0.2, 0.25) is 0 Å². The summed E-state index contributed by atoms with van der Waals surface area (Å²) in [5, 5.41) is 0. The molecule has 1 atom stereocenters. The van der Waals surface area contributed by atoms with Gasteiger partial charge in [0.25, 0.3) is 5.56 Å². The highest BCUT2D eigenvalue weighted by Crippen LogP contribution is 2.06. The number of imidazole rings is 1. The Hall–Kier alpha value is -1.93. The zero-order valence-electron chi connectivity index (χ0n) is 13.9. The van der Waals surface area contributed by atoms with E-state index in [1.165, 1.54) is 9.13 Å². The molecule has 0 radical (unpaired) electrons. The third-order valence-corrected chi connectivity index (χ3v) is 4.38. The standard InChI is InChI=1S/C15H23N5O3/c1-11-9-19(7-8-23-11)5-4-6-20-14(21)12-13(16-10-17(12)2)18(3)15(20)22/h10-11H,4-9H2,1-3H3/t11-/m0/s1. The van der Waals surface area contributed by atoms with Crippen LogP contribution in [-0.2, 0) is 25.4 Å². The van der Waals surface area contributed by atoms with E-state index in [9.17, 15) is 9.59 Å². The number of hydrogen-bond donors (Lipinski definition) is 0. The van der Waals surface area contributed by atoms with Gasteiger partial charge in [-0.2, -0.15) is 0 Å². The molecule has 1 aliphatic rings. The number of aromatic nitrogens is 4. The van der Waals surface area contributed by atoms with E-state index < -0.39 is 0 Å². The minimum absolute atomic E-state index is 0.241. The molecular weight excluding hydrogens is 298 g/mol. The molecule has 3 rings (SSSR count). The first-order valence-electron chi connectivity index (χ1n) is 7.94. The first-order chi connectivity index (χ1) is 11.0. The summed E-state index contributed by atoms with van der Waals surface area (Å²) in [6.45, 7) is 5.86. The van der Waals surface area contributed by atoms with Crippen LogP contribution in [0, 0.1) is 0 Å². The number of aryl methyl sites for hydroxylation is 2. The molecule has 1 aliphatic heterocycles. The molecule has 0 saturated carbocycles. The van der Waals surface area contributed by atoms with Crippen molar-refractivity contribution in [2.24, 2.45) is 14.1 Å². The van der Waals surface area contributed by atoms with Crippen molar-refractivity contribution in [2.75, 3.05) is 26.2 Å². The molecule has 8 nitrogen and oxygen atoms in total. The van der Waals surface area contributed by atoms with E-state index in [0.29, 0.717) is 17.7 Å². The van der Waals surface area contributed by atoms with Crippen molar-refractivity contribution in [3.8, 4) is 0 Å². The van der Waals surface area contributed by atoms with Crippen LogP contribution in [-0.4, -0.2) is 55.9 Å². The van der Waals surface area contributed by atoms with E-state index >= 15 is 0 Å². The summed E-state index contributed by atoms with van der Waals surface area (Å²) in [6, 6.07) is 0. The molecule has 0 N–H and O–H groups in total. The Kier molecular flexibility index (Phi) is 4.36. The van der Waals surface area contributed by atoms with Crippen molar-refractivity contribution < 1.29 is 4.74 Å². The van der Waals surface area contributed by atoms with Crippen LogP contribution in [0.5, 0.6) is 0 Å². The van der Waals surface area contributed by atoms with Crippen LogP contribution in [0.3, 0.4) is 0 Å². The maximum absolute atomic E-state index is 12.6. The predicted molar refractivity (Wildman–Crippen MR) is 86.7 cm³/mol. The zero-order valence-corrected chi connectivity index (χ0v) is 13.9. The first kappa shape index (κ1) is 15.9. The summed E-state index contributed by atoms with van der Waals surface area (Å²) in [4.78, 5) is 31.4. The van der Waals surface area contributed by atoms with E-state index in [0.717, 1.165) is 32.7 Å². The molecule has 0 unspecified atom stereocenters. The summed E-state index contributed by atoms with van der Waals surface area (Å²) in [5.74, 6) is 0. The average molecular weight is 321 g/mol. The zero-order chi connectivity index (χ0) is 16.6. The fourth-order valence-corrected chi connectivity index (χ4v) is 3.14. The van der Waals surface area contributed by atoms with Crippen molar-refractivity contribution in [3.05, 3.63) is 27.2 Å². The molecule has 1 fully saturated rings. The molecule has 0 aliphatic carbocycles. The van der Waals surface area contributed by atoms with E-state index in [4.69, 9.17) is 4.74 Å². The van der Waals surface area contributed by atoms with Crippen LogP contribution in [0.2, 0.25) is 0 Å². The van der Waals surface area contributed by atoms with Crippen LogP contribution >= 0.6 is 0 Å². The van der Waals surface area contributed by atoms with Gasteiger partial charge >= 0.3 is 5.69 Å². The molecule has 2 aromatic heterocycles. The Morgan fingerprint density at radius 1 is 1.30 bits per heavy atom. The highest BCUT2D eigenvalue weighted by atomic mass is 16.5. The predicted octanol–water partition coefficient (Wildman–Crippen LogP) is -0.455. The molecule has 1 saturated heterocycles. The number of morpholine rings is 1. The lowest BCUT2D eigenvalue weighted by atomic mass is 10.3. The minimum atomic E-state index is -0.309. The number of nitrogens with zero attached hydrogens (tertiary/aromatic N) is 5. The van der Waals surface area contributed by atoms with Gasteiger partial charge in [-0.05, 0) is 13.3 Å². The van der Waals surface area contributed by atoms with Gasteiger partial charge < -0.3 is 9.30 Å². The van der Waals surface area contributed by atoms with Gasteiger partial charge in [0.05, 0.1) is 19.0 Å². The van der Waals surface area contributed by atoms with Crippen LogP contribution in [0.25, 0.3) is 11.2 Å². The fourth-order valence-electron chi connectivity index (χ4n) is 3.14. The van der Waals surface area contributed by atoms with Gasteiger partial charge in [-0.15, -0.1) is 0 Å². The van der Waals surface area contributed by atoms with Gasteiger partial charge in [0.15, 0.2) is 11.2 Å². The molecule has 0 spiro atoms. The lowest BCUT2D eigenvalue weighted by Gasteiger charge is -2.31. The Balaban J connectivity index is 1.79. The van der Waals surface area contributed by atoms with Gasteiger partial charge in [-0.25, -0.2) is 9.78 Å². The smallest absolute Gasteiger partial charge is 0.332 e. The number of ether oxygens (including phenoxy) is 1. The second-order valence-electron chi connectivity index (χ2n) is 6.16. The third kappa shape index (κ3) is 2.96. The van der Waals surface area contributed by atoms with E-state index in [1.807, 2.05) is 0 Å². The average Bonchev–Trinajstić information content (AvgIpc) is 2.91. The number of hydrogen-bond acceptors (Lipinski definition) is 5. The van der Waals surface area contributed by atoms with Crippen LogP contribution in [0.1, 0.15) is 13.3 Å². The Labute approximate surface area is 133 Å². The molecule has 2 aromatic rings. The number of fused-ring (bicyclic) bond motifs is 1. The largest absolute Gasteiger partial charge is 0.376 e. The van der Waals surface area contributed by atoms with Gasteiger partial charge in [-0.1, -0.05) is 0 Å². The van der Waals surface area contributed by atoms with Crippen LogP contribution in [0.15, 0.2) is 15.9 Å². The Morgan fingerprint density at radius 3 is 2.83 bits per heavy atom. The van der Waals surface area contributed by atoms with E-state index in [2.05, 4.69) is 16.8 Å². The van der Waals surface area contributed by atoms with Crippen molar-refractivity contribution in [2.45, 2.75) is 26.0 Å². The first-order valence-corrected chi connectivity index (χ1v) is 7.94. The normalized spacial score (nSPS) is 19.5. The molecule has 0 bridgehead atoms. The minimum Gasteiger partial charge on any atom is -0.376 e. The highest BCUT2D eigenvalue weighted by Gasteiger charge is 2.17. The summed E-state index contributed by atoms with van der Waals surface area (Å²) < 4.78 is 9.93. The monoisotopic (exact) mass is 321 g/mol. The van der Waals surface area contributed by atoms with Crippen LogP contribution in [0.4, 0.5) is 0 Å². The summed E-state index contributed by atoms with van der Waals surface area (Å²) in [7, 11) is 3.41. The summed E-state index contributed by atoms with van der Waals surface area (Å²) in [6.07, 6.45) is 2.56. The molecule has 0 aromatic carbocycles. The molecule has 126 valence electrons. The third-order valence-electron chi connectivity index (χ3n) is 4.38. The maximum Gasteiger partial charge on any atom is 0.332 e. The molecule has 8 heteroatoms. The fraction of sp³-hybridized carbons (Fsp3) is 0.667. The van der Waals surface area contributed by atoms with Gasteiger partial charge in [-0.3, -0.25) is 18.8 Å². The maximum atomic E-state index is 12.6. The van der Waals surface area contributed by atoms with Crippen LogP contribution < -0.4 is 11.2 Å². The topological polar surface area (TPSA) is 74.3 Å². The van der Waals surface area contributed by atoms with E-state index in [-0.39, 0.29) is 17.4 Å². The molecule has 3 heterocycles. The summed E-state index contributed by atoms with van der Waals surface area (Å²) >= 11 is 0. The highest BCUT2D eigenvalue weighted by molar-refractivity contribution is 5.69. The lowest BCUT2D eigenvalue weighted by molar-refractivity contribution is -0.0187. The van der Waals surface area contributed by atoms with Crippen molar-refractivity contribution in [3.63, 3.8) is 0 Å². The quantitative estimate of drug-likeness (QED) is 0.762. The second-order valence-corrected chi connectivity index (χ2v) is 6.16. The van der Waals surface area contributed by atoms with Crippen molar-refractivity contribution >= 4 is 11.2 Å². The molecule has 23 heavy (non-hydrogen) atoms. The molecular formula is C15H23N5O3. The Bertz CT molecular complexity index is 819. The second kappa shape index (κ2) is 6.29. The summed E-state index contributed by atoms with van der Waals surface area (Å²) in [5.41, 5.74) is 0.322. The van der Waals surface area contributed by atoms with E-state index in [1.54, 1.807) is 25.0 Å². The molecule has 0 amide bonds.